The van der Waals surface area contributed by atoms with Crippen LogP contribution in [0.3, 0.4) is 0 Å². The van der Waals surface area contributed by atoms with Crippen molar-refractivity contribution in [3.8, 4) is 17.0 Å². The van der Waals surface area contributed by atoms with Gasteiger partial charge in [-0.05, 0) is 35.9 Å². The molecule has 3 N–H and O–H groups in total. The molecular formula is C17H12Cl2N4O2. The summed E-state index contributed by atoms with van der Waals surface area (Å²) in [5.41, 5.74) is 4.57. The predicted molar refractivity (Wildman–Crippen MR) is 97.2 cm³/mol. The van der Waals surface area contributed by atoms with E-state index in [0.717, 1.165) is 5.56 Å². The van der Waals surface area contributed by atoms with Crippen molar-refractivity contribution in [2.75, 3.05) is 0 Å². The van der Waals surface area contributed by atoms with Gasteiger partial charge in [0.1, 0.15) is 11.4 Å². The van der Waals surface area contributed by atoms with Crippen molar-refractivity contribution in [2.45, 2.75) is 0 Å². The highest BCUT2D eigenvalue weighted by atomic mass is 35.5. The number of H-pyrrole nitrogens is 1. The van der Waals surface area contributed by atoms with E-state index in [1.165, 1.54) is 12.3 Å². The zero-order valence-electron chi connectivity index (χ0n) is 12.7. The number of amides is 1. The summed E-state index contributed by atoms with van der Waals surface area (Å²) in [6.07, 6.45) is 1.42. The second-order valence-electron chi connectivity index (χ2n) is 5.09. The maximum atomic E-state index is 12.1. The summed E-state index contributed by atoms with van der Waals surface area (Å²) >= 11 is 11.9. The fourth-order valence-corrected chi connectivity index (χ4v) is 2.37. The van der Waals surface area contributed by atoms with E-state index >= 15 is 0 Å². The van der Waals surface area contributed by atoms with Gasteiger partial charge < -0.3 is 5.11 Å². The Morgan fingerprint density at radius 1 is 1.16 bits per heavy atom. The van der Waals surface area contributed by atoms with Crippen molar-refractivity contribution >= 4 is 35.3 Å². The molecule has 3 aromatic rings. The van der Waals surface area contributed by atoms with Gasteiger partial charge in [-0.1, -0.05) is 41.4 Å². The van der Waals surface area contributed by atoms with Crippen molar-refractivity contribution in [2.24, 2.45) is 5.10 Å². The topological polar surface area (TPSA) is 90.4 Å². The van der Waals surface area contributed by atoms with Crippen LogP contribution in [0, 0.1) is 0 Å². The van der Waals surface area contributed by atoms with E-state index in [4.69, 9.17) is 23.2 Å². The average molecular weight is 375 g/mol. The molecule has 0 saturated carbocycles. The monoisotopic (exact) mass is 374 g/mol. The molecule has 0 aliphatic rings. The van der Waals surface area contributed by atoms with Crippen LogP contribution in [0.4, 0.5) is 0 Å². The Kier molecular flexibility index (Phi) is 5.02. The van der Waals surface area contributed by atoms with E-state index < -0.39 is 5.91 Å². The molecule has 0 atom stereocenters. The van der Waals surface area contributed by atoms with Crippen molar-refractivity contribution < 1.29 is 9.90 Å². The third-order valence-corrected chi connectivity index (χ3v) is 4.03. The molecule has 0 radical (unpaired) electrons. The first kappa shape index (κ1) is 17.0. The predicted octanol–water partition coefficient (Wildman–Crippen LogP) is 3.85. The number of hydrazone groups is 1. The van der Waals surface area contributed by atoms with Gasteiger partial charge in [0.15, 0.2) is 0 Å². The van der Waals surface area contributed by atoms with E-state index in [1.54, 1.807) is 42.5 Å². The Hall–Kier alpha value is -2.83. The van der Waals surface area contributed by atoms with Gasteiger partial charge in [-0.3, -0.25) is 9.89 Å². The van der Waals surface area contributed by atoms with E-state index in [-0.39, 0.29) is 11.4 Å². The highest BCUT2D eigenvalue weighted by molar-refractivity contribution is 6.42. The second-order valence-corrected chi connectivity index (χ2v) is 5.90. The highest BCUT2D eigenvalue weighted by Crippen LogP contribution is 2.27. The number of aromatic nitrogens is 2. The fourth-order valence-electron chi connectivity index (χ4n) is 2.07. The van der Waals surface area contributed by atoms with Crippen LogP contribution in [0.1, 0.15) is 16.1 Å². The quantitative estimate of drug-likeness (QED) is 0.478. The van der Waals surface area contributed by atoms with Crippen LogP contribution in [0.2, 0.25) is 10.0 Å². The number of halogens is 2. The molecule has 2 aromatic carbocycles. The lowest BCUT2D eigenvalue weighted by Crippen LogP contribution is -2.17. The summed E-state index contributed by atoms with van der Waals surface area (Å²) in [6.45, 7) is 0. The molecule has 126 valence electrons. The number of benzene rings is 2. The molecule has 1 amide bonds. The Morgan fingerprint density at radius 2 is 2.00 bits per heavy atom. The maximum absolute atomic E-state index is 12.1. The molecule has 0 aliphatic heterocycles. The van der Waals surface area contributed by atoms with E-state index in [1.807, 2.05) is 0 Å². The largest absolute Gasteiger partial charge is 0.508 e. The highest BCUT2D eigenvalue weighted by Gasteiger charge is 2.11. The van der Waals surface area contributed by atoms with Gasteiger partial charge in [0.05, 0.1) is 22.0 Å². The number of carbonyl (C=O) groups is 1. The fraction of sp³-hybridized carbons (Fsp3) is 0. The van der Waals surface area contributed by atoms with Crippen LogP contribution in [-0.2, 0) is 0 Å². The molecule has 0 aliphatic carbocycles. The van der Waals surface area contributed by atoms with E-state index in [2.05, 4.69) is 20.7 Å². The minimum Gasteiger partial charge on any atom is -0.508 e. The normalized spacial score (nSPS) is 11.0. The van der Waals surface area contributed by atoms with E-state index in [0.29, 0.717) is 21.3 Å². The molecule has 1 heterocycles. The van der Waals surface area contributed by atoms with Crippen LogP contribution < -0.4 is 5.43 Å². The van der Waals surface area contributed by atoms with Crippen LogP contribution >= 0.6 is 23.2 Å². The summed E-state index contributed by atoms with van der Waals surface area (Å²) < 4.78 is 0. The zero-order valence-corrected chi connectivity index (χ0v) is 14.2. The van der Waals surface area contributed by atoms with E-state index in [9.17, 15) is 9.90 Å². The molecule has 8 heteroatoms. The minimum atomic E-state index is -0.449. The molecule has 1 aromatic heterocycles. The first-order valence-corrected chi connectivity index (χ1v) is 7.92. The van der Waals surface area contributed by atoms with Crippen molar-refractivity contribution in [1.82, 2.24) is 15.6 Å². The van der Waals surface area contributed by atoms with Gasteiger partial charge in [-0.2, -0.15) is 10.2 Å². The van der Waals surface area contributed by atoms with Gasteiger partial charge in [0.25, 0.3) is 5.91 Å². The number of nitrogens with one attached hydrogen (secondary N) is 2. The number of aromatic hydroxyl groups is 1. The maximum Gasteiger partial charge on any atom is 0.289 e. The standard InChI is InChI=1S/C17H12Cl2N4O2/c18-13-5-4-11(7-14(13)19)15-8-16(22-21-15)17(25)23-20-9-10-2-1-3-12(24)6-10/h1-9,24H,(H,21,22)(H,23,25)/b20-9+. The summed E-state index contributed by atoms with van der Waals surface area (Å²) in [5, 5.41) is 20.8. The average Bonchev–Trinajstić information content (AvgIpc) is 3.07. The van der Waals surface area contributed by atoms with Gasteiger partial charge in [-0.25, -0.2) is 5.43 Å². The van der Waals surface area contributed by atoms with Gasteiger partial charge in [0.2, 0.25) is 0 Å². The lowest BCUT2D eigenvalue weighted by molar-refractivity contribution is 0.0950. The summed E-state index contributed by atoms with van der Waals surface area (Å²) in [7, 11) is 0. The molecule has 0 unspecified atom stereocenters. The molecule has 0 saturated heterocycles. The lowest BCUT2D eigenvalue weighted by atomic mass is 10.1. The van der Waals surface area contributed by atoms with Crippen molar-refractivity contribution in [3.05, 3.63) is 69.8 Å². The molecule has 0 fully saturated rings. The number of hydrogen-bond donors (Lipinski definition) is 3. The number of aromatic amines is 1. The smallest absolute Gasteiger partial charge is 0.289 e. The number of phenols is 1. The summed E-state index contributed by atoms with van der Waals surface area (Å²) in [4.78, 5) is 12.1. The van der Waals surface area contributed by atoms with Crippen LogP contribution in [0.15, 0.2) is 53.6 Å². The van der Waals surface area contributed by atoms with Crippen LogP contribution in [0.5, 0.6) is 5.75 Å². The van der Waals surface area contributed by atoms with Gasteiger partial charge >= 0.3 is 0 Å². The third-order valence-electron chi connectivity index (χ3n) is 3.29. The van der Waals surface area contributed by atoms with Crippen LogP contribution in [0.25, 0.3) is 11.3 Å². The molecule has 0 spiro atoms. The van der Waals surface area contributed by atoms with Gasteiger partial charge in [-0.15, -0.1) is 0 Å². The number of nitrogens with zero attached hydrogens (tertiary/aromatic N) is 2. The molecule has 6 nitrogen and oxygen atoms in total. The number of hydrogen-bond acceptors (Lipinski definition) is 4. The summed E-state index contributed by atoms with van der Waals surface area (Å²) in [5.74, 6) is -0.328. The zero-order chi connectivity index (χ0) is 17.8. The first-order valence-electron chi connectivity index (χ1n) is 7.16. The third kappa shape index (κ3) is 4.17. The molecule has 3 rings (SSSR count). The Morgan fingerprint density at radius 3 is 2.76 bits per heavy atom. The van der Waals surface area contributed by atoms with Gasteiger partial charge in [0, 0.05) is 5.56 Å². The molecule has 25 heavy (non-hydrogen) atoms. The number of carbonyl (C=O) groups excluding carboxylic acids is 1. The number of rotatable bonds is 4. The van der Waals surface area contributed by atoms with Crippen molar-refractivity contribution in [1.29, 1.82) is 0 Å². The van der Waals surface area contributed by atoms with Crippen LogP contribution in [-0.4, -0.2) is 27.4 Å². The Bertz CT molecular complexity index is 953. The Labute approximate surface area is 153 Å². The molecular weight excluding hydrogens is 363 g/mol. The van der Waals surface area contributed by atoms with Crippen molar-refractivity contribution in [3.63, 3.8) is 0 Å². The molecule has 0 bridgehead atoms. The summed E-state index contributed by atoms with van der Waals surface area (Å²) in [6, 6.07) is 13.2. The minimum absolute atomic E-state index is 0.120. The first-order chi connectivity index (χ1) is 12.0. The number of phenolic OH excluding ortho intramolecular Hbond substituents is 1. The SMILES string of the molecule is O=C(N/N=C/c1cccc(O)c1)c1cc(-c2ccc(Cl)c(Cl)c2)n[nH]1. The lowest BCUT2D eigenvalue weighted by Gasteiger charge is -1.99. The second kappa shape index (κ2) is 7.38. The Balaban J connectivity index is 1.69.